The fourth-order valence-corrected chi connectivity index (χ4v) is 4.40. The van der Waals surface area contributed by atoms with Gasteiger partial charge in [-0.1, -0.05) is 12.1 Å². The van der Waals surface area contributed by atoms with Crippen molar-refractivity contribution in [1.82, 2.24) is 14.8 Å². The molecule has 1 N–H and O–H groups in total. The molecule has 1 aromatic carbocycles. The summed E-state index contributed by atoms with van der Waals surface area (Å²) in [7, 11) is 1.70. The van der Waals surface area contributed by atoms with Gasteiger partial charge in [-0.2, -0.15) is 5.10 Å². The van der Waals surface area contributed by atoms with Gasteiger partial charge in [-0.25, -0.2) is 4.68 Å². The highest BCUT2D eigenvalue weighted by molar-refractivity contribution is 5.94. The lowest BCUT2D eigenvalue weighted by molar-refractivity contribution is -0.116. The summed E-state index contributed by atoms with van der Waals surface area (Å²) in [5.74, 6) is 1.60. The molecule has 1 atom stereocenters. The summed E-state index contributed by atoms with van der Waals surface area (Å²) in [6.07, 6.45) is 9.23. The Balaban J connectivity index is 1.56. The number of pyridine rings is 1. The lowest BCUT2D eigenvalue weighted by Gasteiger charge is -2.26. The molecule has 6 heteroatoms. The van der Waals surface area contributed by atoms with Crippen LogP contribution >= 0.6 is 0 Å². The van der Waals surface area contributed by atoms with Crippen LogP contribution in [0.5, 0.6) is 5.75 Å². The number of nitrogens with one attached hydrogen (secondary N) is 1. The van der Waals surface area contributed by atoms with Gasteiger partial charge in [0.25, 0.3) is 0 Å². The Bertz CT molecular complexity index is 1040. The fraction of sp³-hybridized carbons (Fsp3) is 0.318. The summed E-state index contributed by atoms with van der Waals surface area (Å²) in [5.41, 5.74) is 5.92. The van der Waals surface area contributed by atoms with E-state index < -0.39 is 0 Å². The minimum atomic E-state index is -0.0488. The lowest BCUT2D eigenvalue weighted by atomic mass is 9.85. The highest BCUT2D eigenvalue weighted by atomic mass is 16.5. The number of amides is 1. The van der Waals surface area contributed by atoms with Gasteiger partial charge in [-0.3, -0.25) is 9.78 Å². The van der Waals surface area contributed by atoms with Crippen LogP contribution in [0.3, 0.4) is 0 Å². The van der Waals surface area contributed by atoms with Crippen molar-refractivity contribution in [3.8, 4) is 5.75 Å². The molecule has 2 aliphatic rings. The Labute approximate surface area is 163 Å². The molecule has 3 aromatic rings. The van der Waals surface area contributed by atoms with E-state index in [1.807, 2.05) is 29.2 Å². The molecule has 5 rings (SSSR count). The number of fused-ring (bicyclic) bond motifs is 2. The minimum absolute atomic E-state index is 0.00740. The second kappa shape index (κ2) is 6.78. The summed E-state index contributed by atoms with van der Waals surface area (Å²) in [4.78, 5) is 16.7. The van der Waals surface area contributed by atoms with Crippen molar-refractivity contribution in [1.29, 1.82) is 0 Å². The molecule has 1 amide bonds. The second-order valence-electron chi connectivity index (χ2n) is 7.49. The van der Waals surface area contributed by atoms with Gasteiger partial charge in [-0.05, 0) is 48.1 Å². The van der Waals surface area contributed by atoms with E-state index in [9.17, 15) is 4.79 Å². The maximum atomic E-state index is 12.5. The summed E-state index contributed by atoms with van der Waals surface area (Å²) in [6.45, 7) is 0.567. The van der Waals surface area contributed by atoms with Crippen molar-refractivity contribution in [3.63, 3.8) is 0 Å². The van der Waals surface area contributed by atoms with Gasteiger partial charge in [0, 0.05) is 35.9 Å². The van der Waals surface area contributed by atoms with Crippen molar-refractivity contribution in [2.75, 3.05) is 12.4 Å². The Kier molecular flexibility index (Phi) is 4.11. The summed E-state index contributed by atoms with van der Waals surface area (Å²) < 4.78 is 7.55. The van der Waals surface area contributed by atoms with Gasteiger partial charge in [0.1, 0.15) is 11.6 Å². The molecule has 1 aliphatic carbocycles. The van der Waals surface area contributed by atoms with Gasteiger partial charge >= 0.3 is 0 Å². The van der Waals surface area contributed by atoms with Crippen molar-refractivity contribution >= 4 is 11.7 Å². The number of hydrogen-bond donors (Lipinski definition) is 1. The van der Waals surface area contributed by atoms with Crippen molar-refractivity contribution in [2.24, 2.45) is 0 Å². The fourth-order valence-electron chi connectivity index (χ4n) is 4.40. The van der Waals surface area contributed by atoms with Crippen LogP contribution in [0.4, 0.5) is 5.82 Å². The maximum Gasteiger partial charge on any atom is 0.226 e. The van der Waals surface area contributed by atoms with E-state index in [-0.39, 0.29) is 11.8 Å². The lowest BCUT2D eigenvalue weighted by Crippen LogP contribution is -2.25. The quantitative estimate of drug-likeness (QED) is 0.761. The van der Waals surface area contributed by atoms with Crippen LogP contribution in [0.1, 0.15) is 46.6 Å². The normalized spacial score (nSPS) is 17.8. The molecule has 0 radical (unpaired) electrons. The number of aryl methyl sites for hydroxylation is 2. The third kappa shape index (κ3) is 2.85. The van der Waals surface area contributed by atoms with E-state index in [2.05, 4.69) is 27.5 Å². The van der Waals surface area contributed by atoms with E-state index in [1.54, 1.807) is 13.3 Å². The van der Waals surface area contributed by atoms with Crippen molar-refractivity contribution in [3.05, 3.63) is 70.7 Å². The van der Waals surface area contributed by atoms with E-state index >= 15 is 0 Å². The predicted molar refractivity (Wildman–Crippen MR) is 106 cm³/mol. The van der Waals surface area contributed by atoms with Crippen LogP contribution in [0.15, 0.2) is 42.9 Å². The molecule has 0 bridgehead atoms. The van der Waals surface area contributed by atoms with Gasteiger partial charge in [0.15, 0.2) is 0 Å². The van der Waals surface area contributed by atoms with Crippen LogP contribution in [0.2, 0.25) is 0 Å². The number of carbonyl (C=O) groups excluding carboxylic acids is 1. The molecule has 0 unspecified atom stereocenters. The predicted octanol–water partition coefficient (Wildman–Crippen LogP) is 3.30. The van der Waals surface area contributed by atoms with Gasteiger partial charge < -0.3 is 10.1 Å². The smallest absolute Gasteiger partial charge is 0.226 e. The van der Waals surface area contributed by atoms with E-state index in [4.69, 9.17) is 4.74 Å². The molecular weight excluding hydrogens is 352 g/mol. The molecule has 28 heavy (non-hydrogen) atoms. The Morgan fingerprint density at radius 3 is 2.86 bits per heavy atom. The van der Waals surface area contributed by atoms with Gasteiger partial charge in [0.05, 0.1) is 19.9 Å². The maximum absolute atomic E-state index is 12.5. The molecule has 0 spiro atoms. The van der Waals surface area contributed by atoms with Crippen molar-refractivity contribution in [2.45, 2.75) is 38.1 Å². The molecule has 0 saturated heterocycles. The van der Waals surface area contributed by atoms with E-state index in [0.717, 1.165) is 41.1 Å². The van der Waals surface area contributed by atoms with Gasteiger partial charge in [0.2, 0.25) is 5.91 Å². The highest BCUT2D eigenvalue weighted by Crippen LogP contribution is 2.43. The standard InChI is InChI=1S/C22H22N4O2/c1-28-20-9-16-6-2-5-15(16)8-18(20)17-10-21(27)25-22-19(17)12-24-26(22)13-14-4-3-7-23-11-14/h3-4,7-9,11-12,17H,2,5-6,10,13H2,1H3,(H,25,27)/t17-/m1/s1. The highest BCUT2D eigenvalue weighted by Gasteiger charge is 2.32. The zero-order valence-corrected chi connectivity index (χ0v) is 15.8. The number of carbonyl (C=O) groups is 1. The minimum Gasteiger partial charge on any atom is -0.496 e. The van der Waals surface area contributed by atoms with Crippen LogP contribution in [-0.4, -0.2) is 27.8 Å². The monoisotopic (exact) mass is 374 g/mol. The number of ether oxygens (including phenoxy) is 1. The SMILES string of the molecule is COc1cc2c(cc1[C@H]1CC(=O)Nc3c1cnn3Cc1cccnc1)CCC2. The topological polar surface area (TPSA) is 69.0 Å². The molecule has 1 aliphatic heterocycles. The molecular formula is C22H22N4O2. The summed E-state index contributed by atoms with van der Waals surface area (Å²) >= 11 is 0. The van der Waals surface area contributed by atoms with Gasteiger partial charge in [-0.15, -0.1) is 0 Å². The number of anilines is 1. The number of benzene rings is 1. The number of nitrogens with zero attached hydrogens (tertiary/aromatic N) is 3. The largest absolute Gasteiger partial charge is 0.496 e. The van der Waals surface area contributed by atoms with Crippen molar-refractivity contribution < 1.29 is 9.53 Å². The first kappa shape index (κ1) is 17.0. The van der Waals surface area contributed by atoms with Crippen LogP contribution in [0.25, 0.3) is 0 Å². The zero-order valence-electron chi connectivity index (χ0n) is 15.8. The molecule has 3 heterocycles. The first-order valence-electron chi connectivity index (χ1n) is 9.67. The first-order chi connectivity index (χ1) is 13.7. The number of aromatic nitrogens is 3. The average molecular weight is 374 g/mol. The summed E-state index contributed by atoms with van der Waals surface area (Å²) in [5, 5.41) is 7.58. The number of rotatable bonds is 4. The molecule has 0 saturated carbocycles. The molecule has 0 fully saturated rings. The average Bonchev–Trinajstić information content (AvgIpc) is 3.34. The summed E-state index contributed by atoms with van der Waals surface area (Å²) in [6, 6.07) is 8.31. The van der Waals surface area contributed by atoms with Crippen LogP contribution < -0.4 is 10.1 Å². The molecule has 6 nitrogen and oxygen atoms in total. The first-order valence-corrected chi connectivity index (χ1v) is 9.67. The zero-order chi connectivity index (χ0) is 19.1. The number of hydrogen-bond acceptors (Lipinski definition) is 4. The molecule has 2 aromatic heterocycles. The van der Waals surface area contributed by atoms with E-state index in [0.29, 0.717) is 13.0 Å². The van der Waals surface area contributed by atoms with E-state index in [1.165, 1.54) is 17.5 Å². The second-order valence-corrected chi connectivity index (χ2v) is 7.49. The third-order valence-electron chi connectivity index (χ3n) is 5.77. The molecule has 142 valence electrons. The third-order valence-corrected chi connectivity index (χ3v) is 5.77. The van der Waals surface area contributed by atoms with Crippen LogP contribution in [0, 0.1) is 0 Å². The Morgan fingerprint density at radius 1 is 1.21 bits per heavy atom. The Morgan fingerprint density at radius 2 is 2.07 bits per heavy atom. The van der Waals surface area contributed by atoms with Crippen LogP contribution in [-0.2, 0) is 24.2 Å². The number of methoxy groups -OCH3 is 1. The Hall–Kier alpha value is -3.15.